The summed E-state index contributed by atoms with van der Waals surface area (Å²) in [5, 5.41) is 22.9. The van der Waals surface area contributed by atoms with Crippen LogP contribution in [0.2, 0.25) is 0 Å². The lowest BCUT2D eigenvalue weighted by atomic mass is 10.1. The van der Waals surface area contributed by atoms with Gasteiger partial charge in [0, 0.05) is 31.2 Å². The Bertz CT molecular complexity index is 781. The van der Waals surface area contributed by atoms with Crippen molar-refractivity contribution in [1.82, 2.24) is 20.1 Å². The molecule has 0 aromatic carbocycles. The van der Waals surface area contributed by atoms with Crippen LogP contribution >= 0.6 is 0 Å². The Morgan fingerprint density at radius 1 is 1.18 bits per heavy atom. The van der Waals surface area contributed by atoms with E-state index in [1.807, 2.05) is 0 Å². The molecule has 0 aliphatic heterocycles. The largest absolute Gasteiger partial charge is 0.490 e. The van der Waals surface area contributed by atoms with Gasteiger partial charge in [0.25, 0.3) is 0 Å². The molecule has 2 unspecified atom stereocenters. The molecule has 0 saturated heterocycles. The summed E-state index contributed by atoms with van der Waals surface area (Å²) < 4.78 is 33.2. The standard InChI is InChI=1S/C14H16N4O3.C2HF3O2/c1-10(18-8-2-5-16-18)13(19)17-12(14(20)21)9-11-3-6-15-7-4-11;3-2(4,5)1(6)7/h2-8,10,12H,9H2,1H3,(H,17,19)(H,20,21);(H,6,7). The average molecular weight is 402 g/mol. The third kappa shape index (κ3) is 7.43. The molecule has 0 aliphatic rings. The summed E-state index contributed by atoms with van der Waals surface area (Å²) in [6.07, 6.45) is 1.51. The van der Waals surface area contributed by atoms with E-state index in [-0.39, 0.29) is 12.3 Å². The lowest BCUT2D eigenvalue weighted by Gasteiger charge is -2.18. The molecule has 0 spiro atoms. The third-order valence-electron chi connectivity index (χ3n) is 3.35. The second-order valence-corrected chi connectivity index (χ2v) is 5.42. The number of alkyl halides is 3. The van der Waals surface area contributed by atoms with Gasteiger partial charge in [-0.05, 0) is 30.7 Å². The number of aliphatic carboxylic acids is 2. The van der Waals surface area contributed by atoms with Crippen LogP contribution in [0.15, 0.2) is 43.0 Å². The molecule has 28 heavy (non-hydrogen) atoms. The van der Waals surface area contributed by atoms with Gasteiger partial charge in [-0.2, -0.15) is 18.3 Å². The van der Waals surface area contributed by atoms with Gasteiger partial charge in [-0.1, -0.05) is 0 Å². The summed E-state index contributed by atoms with van der Waals surface area (Å²) in [4.78, 5) is 36.2. The van der Waals surface area contributed by atoms with Crippen molar-refractivity contribution in [2.24, 2.45) is 0 Å². The van der Waals surface area contributed by atoms with Crippen molar-refractivity contribution < 1.29 is 37.8 Å². The molecule has 2 atom stereocenters. The molecular weight excluding hydrogens is 385 g/mol. The SMILES string of the molecule is CC(C(=O)NC(Cc1ccncc1)C(=O)O)n1cccn1.O=C(O)C(F)(F)F. The highest BCUT2D eigenvalue weighted by Gasteiger charge is 2.38. The van der Waals surface area contributed by atoms with E-state index in [9.17, 15) is 27.9 Å². The Balaban J connectivity index is 0.000000480. The quantitative estimate of drug-likeness (QED) is 0.663. The first-order chi connectivity index (χ1) is 13.0. The fraction of sp³-hybridized carbons (Fsp3) is 0.312. The van der Waals surface area contributed by atoms with Crippen LogP contribution in [0.25, 0.3) is 0 Å². The minimum atomic E-state index is -5.08. The average Bonchev–Trinajstić information content (AvgIpc) is 3.15. The molecule has 0 radical (unpaired) electrons. The van der Waals surface area contributed by atoms with Crippen LogP contribution in [0.1, 0.15) is 18.5 Å². The zero-order chi connectivity index (χ0) is 21.3. The van der Waals surface area contributed by atoms with E-state index in [4.69, 9.17) is 9.90 Å². The molecule has 0 saturated carbocycles. The number of nitrogens with zero attached hydrogens (tertiary/aromatic N) is 3. The van der Waals surface area contributed by atoms with Gasteiger partial charge in [-0.25, -0.2) is 9.59 Å². The fourth-order valence-electron chi connectivity index (χ4n) is 1.88. The van der Waals surface area contributed by atoms with Gasteiger partial charge in [0.1, 0.15) is 12.1 Å². The van der Waals surface area contributed by atoms with Crippen LogP contribution in [-0.4, -0.2) is 55.0 Å². The maximum Gasteiger partial charge on any atom is 0.490 e. The fourth-order valence-corrected chi connectivity index (χ4v) is 1.88. The van der Waals surface area contributed by atoms with E-state index in [2.05, 4.69) is 15.4 Å². The normalized spacial score (nSPS) is 12.9. The van der Waals surface area contributed by atoms with Crippen molar-refractivity contribution in [2.45, 2.75) is 31.6 Å². The van der Waals surface area contributed by atoms with Crippen LogP contribution in [0.4, 0.5) is 13.2 Å². The first-order valence-electron chi connectivity index (χ1n) is 7.73. The molecule has 2 aromatic heterocycles. The zero-order valence-electron chi connectivity index (χ0n) is 14.5. The molecular formula is C16H17F3N4O5. The Labute approximate surface area is 156 Å². The number of carboxylic acid groups (broad SMARTS) is 2. The smallest absolute Gasteiger partial charge is 0.480 e. The highest BCUT2D eigenvalue weighted by atomic mass is 19.4. The topological polar surface area (TPSA) is 134 Å². The number of aromatic nitrogens is 3. The van der Waals surface area contributed by atoms with Crippen LogP contribution in [0, 0.1) is 0 Å². The second-order valence-electron chi connectivity index (χ2n) is 5.42. The van der Waals surface area contributed by atoms with Gasteiger partial charge >= 0.3 is 18.1 Å². The number of halogens is 3. The van der Waals surface area contributed by atoms with Gasteiger partial charge < -0.3 is 15.5 Å². The molecule has 3 N–H and O–H groups in total. The Morgan fingerprint density at radius 3 is 2.18 bits per heavy atom. The maximum absolute atomic E-state index is 12.1. The van der Waals surface area contributed by atoms with Crippen LogP contribution in [0.5, 0.6) is 0 Å². The first-order valence-corrected chi connectivity index (χ1v) is 7.73. The molecule has 12 heteroatoms. The lowest BCUT2D eigenvalue weighted by Crippen LogP contribution is -2.45. The molecule has 2 aromatic rings. The molecule has 0 bridgehead atoms. The minimum Gasteiger partial charge on any atom is -0.480 e. The highest BCUT2D eigenvalue weighted by molar-refractivity contribution is 5.85. The van der Waals surface area contributed by atoms with E-state index in [0.29, 0.717) is 0 Å². The van der Waals surface area contributed by atoms with Crippen LogP contribution < -0.4 is 5.32 Å². The Hall–Kier alpha value is -3.44. The predicted octanol–water partition coefficient (Wildman–Crippen LogP) is 1.28. The van der Waals surface area contributed by atoms with E-state index >= 15 is 0 Å². The van der Waals surface area contributed by atoms with Gasteiger partial charge in [0.15, 0.2) is 0 Å². The van der Waals surface area contributed by atoms with E-state index in [0.717, 1.165) is 5.56 Å². The summed E-state index contributed by atoms with van der Waals surface area (Å²) >= 11 is 0. The van der Waals surface area contributed by atoms with Crippen molar-refractivity contribution in [1.29, 1.82) is 0 Å². The molecule has 0 fully saturated rings. The van der Waals surface area contributed by atoms with Crippen molar-refractivity contribution in [3.63, 3.8) is 0 Å². The highest BCUT2D eigenvalue weighted by Crippen LogP contribution is 2.13. The number of hydrogen-bond donors (Lipinski definition) is 3. The van der Waals surface area contributed by atoms with E-state index in [1.165, 1.54) is 4.68 Å². The molecule has 0 aliphatic carbocycles. The Kier molecular flexibility index (Phi) is 8.10. The summed E-state index contributed by atoms with van der Waals surface area (Å²) in [6.45, 7) is 1.66. The summed E-state index contributed by atoms with van der Waals surface area (Å²) in [5.74, 6) is -4.22. The second kappa shape index (κ2) is 10.0. The van der Waals surface area contributed by atoms with Gasteiger partial charge in [0.05, 0.1) is 0 Å². The number of carboxylic acids is 2. The van der Waals surface area contributed by atoms with E-state index in [1.54, 1.807) is 49.9 Å². The number of nitrogens with one attached hydrogen (secondary N) is 1. The van der Waals surface area contributed by atoms with Crippen molar-refractivity contribution in [3.8, 4) is 0 Å². The maximum atomic E-state index is 12.1. The monoisotopic (exact) mass is 402 g/mol. The molecule has 2 rings (SSSR count). The minimum absolute atomic E-state index is 0.204. The molecule has 1 amide bonds. The summed E-state index contributed by atoms with van der Waals surface area (Å²) in [5.41, 5.74) is 0.796. The number of hydrogen-bond acceptors (Lipinski definition) is 5. The number of carbonyl (C=O) groups is 3. The summed E-state index contributed by atoms with van der Waals surface area (Å²) in [6, 6.07) is 3.59. The Morgan fingerprint density at radius 2 is 1.75 bits per heavy atom. The number of amides is 1. The first kappa shape index (κ1) is 22.6. The number of rotatable bonds is 6. The predicted molar refractivity (Wildman–Crippen MR) is 88.1 cm³/mol. The summed E-state index contributed by atoms with van der Waals surface area (Å²) in [7, 11) is 0. The molecule has 152 valence electrons. The third-order valence-corrected chi connectivity index (χ3v) is 3.35. The lowest BCUT2D eigenvalue weighted by molar-refractivity contribution is -0.192. The van der Waals surface area contributed by atoms with Crippen molar-refractivity contribution in [3.05, 3.63) is 48.5 Å². The zero-order valence-corrected chi connectivity index (χ0v) is 14.5. The van der Waals surface area contributed by atoms with E-state index < -0.39 is 30.2 Å². The number of pyridine rings is 1. The van der Waals surface area contributed by atoms with Crippen LogP contribution in [0.3, 0.4) is 0 Å². The van der Waals surface area contributed by atoms with Crippen LogP contribution in [-0.2, 0) is 20.8 Å². The van der Waals surface area contributed by atoms with Crippen molar-refractivity contribution in [2.75, 3.05) is 0 Å². The van der Waals surface area contributed by atoms with Crippen molar-refractivity contribution >= 4 is 17.8 Å². The molecule has 2 heterocycles. The van der Waals surface area contributed by atoms with Gasteiger partial charge in [-0.15, -0.1) is 0 Å². The molecule has 9 nitrogen and oxygen atoms in total. The van der Waals surface area contributed by atoms with Gasteiger partial charge in [-0.3, -0.25) is 14.5 Å². The van der Waals surface area contributed by atoms with Gasteiger partial charge in [0.2, 0.25) is 5.91 Å². The number of carbonyl (C=O) groups excluding carboxylic acids is 1.